The number of aldehydes is 1. The van der Waals surface area contributed by atoms with Crippen LogP contribution in [-0.4, -0.2) is 6.29 Å². The molecule has 0 aliphatic carbocycles. The van der Waals surface area contributed by atoms with Gasteiger partial charge in [-0.3, -0.25) is 0 Å². The highest BCUT2D eigenvalue weighted by molar-refractivity contribution is 9.10. The number of rotatable bonds is 2. The fourth-order valence-electron chi connectivity index (χ4n) is 0.840. The predicted molar refractivity (Wildman–Crippen MR) is 43.8 cm³/mol. The van der Waals surface area contributed by atoms with E-state index in [-0.39, 0.29) is 16.5 Å². The minimum atomic E-state index is -0.706. The first-order valence-corrected chi connectivity index (χ1v) is 4.02. The Morgan fingerprint density at radius 1 is 1.42 bits per heavy atom. The number of benzene rings is 1. The fourth-order valence-corrected chi connectivity index (χ4v) is 1.21. The summed E-state index contributed by atoms with van der Waals surface area (Å²) in [6.45, 7) is 0. The first-order chi connectivity index (χ1) is 5.66. The zero-order chi connectivity index (χ0) is 9.14. The van der Waals surface area contributed by atoms with E-state index in [0.29, 0.717) is 6.29 Å². The van der Waals surface area contributed by atoms with Crippen LogP contribution in [-0.2, 0) is 11.2 Å². The first-order valence-electron chi connectivity index (χ1n) is 3.23. The minimum Gasteiger partial charge on any atom is -0.303 e. The number of carbonyl (C=O) groups is 1. The van der Waals surface area contributed by atoms with E-state index in [1.54, 1.807) is 0 Å². The fraction of sp³-hybridized carbons (Fsp3) is 0.125. The second-order valence-corrected chi connectivity index (χ2v) is 3.05. The number of hydrogen-bond donors (Lipinski definition) is 0. The Labute approximate surface area is 76.5 Å². The largest absolute Gasteiger partial charge is 0.303 e. The van der Waals surface area contributed by atoms with E-state index >= 15 is 0 Å². The van der Waals surface area contributed by atoms with Gasteiger partial charge in [0.15, 0.2) is 0 Å². The van der Waals surface area contributed by atoms with Crippen LogP contribution in [0, 0.1) is 11.6 Å². The summed E-state index contributed by atoms with van der Waals surface area (Å²) in [5, 5.41) is 0. The van der Waals surface area contributed by atoms with Gasteiger partial charge < -0.3 is 4.79 Å². The molecule has 0 radical (unpaired) electrons. The summed E-state index contributed by atoms with van der Waals surface area (Å²) in [6.07, 6.45) is 0.227. The van der Waals surface area contributed by atoms with E-state index < -0.39 is 11.6 Å². The molecule has 0 amide bonds. The lowest BCUT2D eigenvalue weighted by Gasteiger charge is -2.01. The molecule has 0 aliphatic rings. The molecule has 0 bridgehead atoms. The summed E-state index contributed by atoms with van der Waals surface area (Å²) in [5.41, 5.74) is -0.195. The van der Waals surface area contributed by atoms with Crippen molar-refractivity contribution >= 4 is 22.2 Å². The summed E-state index contributed by atoms with van der Waals surface area (Å²) in [7, 11) is 0. The molecule has 0 spiro atoms. The van der Waals surface area contributed by atoms with Crippen molar-refractivity contribution in [3.05, 3.63) is 33.8 Å². The quantitative estimate of drug-likeness (QED) is 0.568. The van der Waals surface area contributed by atoms with Crippen LogP contribution in [0.25, 0.3) is 0 Å². The Morgan fingerprint density at radius 3 is 2.67 bits per heavy atom. The zero-order valence-electron chi connectivity index (χ0n) is 5.98. The van der Waals surface area contributed by atoms with Crippen LogP contribution >= 0.6 is 15.9 Å². The molecule has 1 nitrogen and oxygen atoms in total. The number of hydrogen-bond acceptors (Lipinski definition) is 1. The van der Waals surface area contributed by atoms with Gasteiger partial charge in [-0.2, -0.15) is 0 Å². The first kappa shape index (κ1) is 9.32. The van der Waals surface area contributed by atoms with Crippen molar-refractivity contribution in [3.8, 4) is 0 Å². The molecule has 1 rings (SSSR count). The summed E-state index contributed by atoms with van der Waals surface area (Å²) in [4.78, 5) is 10.0. The molecule has 0 atom stereocenters. The zero-order valence-corrected chi connectivity index (χ0v) is 7.57. The molecule has 0 aliphatic heterocycles. The molecule has 0 heterocycles. The molecule has 12 heavy (non-hydrogen) atoms. The number of carbonyl (C=O) groups excluding carboxylic acids is 1. The van der Waals surface area contributed by atoms with Crippen LogP contribution in [0.4, 0.5) is 8.78 Å². The molecule has 0 unspecified atom stereocenters. The summed E-state index contributed by atoms with van der Waals surface area (Å²) < 4.78 is 26.0. The molecular weight excluding hydrogens is 230 g/mol. The van der Waals surface area contributed by atoms with E-state index in [9.17, 15) is 13.6 Å². The topological polar surface area (TPSA) is 17.1 Å². The third kappa shape index (κ3) is 1.69. The normalized spacial score (nSPS) is 9.92. The predicted octanol–water partition coefficient (Wildman–Crippen LogP) is 2.47. The summed E-state index contributed by atoms with van der Waals surface area (Å²) in [5.74, 6) is -1.40. The van der Waals surface area contributed by atoms with Crippen LogP contribution in [0.15, 0.2) is 16.6 Å². The van der Waals surface area contributed by atoms with E-state index in [0.717, 1.165) is 6.07 Å². The van der Waals surface area contributed by atoms with Crippen LogP contribution < -0.4 is 0 Å². The van der Waals surface area contributed by atoms with Crippen molar-refractivity contribution < 1.29 is 13.6 Å². The average Bonchev–Trinajstić information content (AvgIpc) is 2.06. The van der Waals surface area contributed by atoms with Gasteiger partial charge in [-0.05, 0) is 28.1 Å². The Hall–Kier alpha value is -0.770. The van der Waals surface area contributed by atoms with Crippen LogP contribution in [0.2, 0.25) is 0 Å². The Kier molecular flexibility index (Phi) is 2.92. The number of halogens is 3. The maximum atomic E-state index is 13.0. The SMILES string of the molecule is O=CCc1c(F)ccc(Br)c1F. The standard InChI is InChI=1S/C8H5BrF2O/c9-6-1-2-7(10)5(3-4-12)8(6)11/h1-2,4H,3H2. The van der Waals surface area contributed by atoms with Gasteiger partial charge in [0.2, 0.25) is 0 Å². The monoisotopic (exact) mass is 234 g/mol. The smallest absolute Gasteiger partial charge is 0.143 e. The van der Waals surface area contributed by atoms with Gasteiger partial charge >= 0.3 is 0 Å². The molecule has 0 N–H and O–H groups in total. The second-order valence-electron chi connectivity index (χ2n) is 2.19. The van der Waals surface area contributed by atoms with E-state index in [4.69, 9.17) is 0 Å². The van der Waals surface area contributed by atoms with Crippen LogP contribution in [0.5, 0.6) is 0 Å². The van der Waals surface area contributed by atoms with E-state index in [1.807, 2.05) is 0 Å². The van der Waals surface area contributed by atoms with E-state index in [1.165, 1.54) is 6.07 Å². The third-order valence-electron chi connectivity index (χ3n) is 1.43. The van der Waals surface area contributed by atoms with Gasteiger partial charge in [-0.25, -0.2) is 8.78 Å². The lowest BCUT2D eigenvalue weighted by Crippen LogP contribution is -1.97. The molecular formula is C8H5BrF2O. The summed E-state index contributed by atoms with van der Waals surface area (Å²) >= 11 is 2.89. The molecule has 0 saturated carbocycles. The van der Waals surface area contributed by atoms with Crippen molar-refractivity contribution in [1.29, 1.82) is 0 Å². The maximum absolute atomic E-state index is 13.0. The highest BCUT2D eigenvalue weighted by atomic mass is 79.9. The van der Waals surface area contributed by atoms with Gasteiger partial charge in [0.05, 0.1) is 4.47 Å². The Balaban J connectivity index is 3.22. The highest BCUT2D eigenvalue weighted by Gasteiger charge is 2.10. The van der Waals surface area contributed by atoms with Crippen molar-refractivity contribution in [3.63, 3.8) is 0 Å². The van der Waals surface area contributed by atoms with Gasteiger partial charge in [-0.15, -0.1) is 0 Å². The van der Waals surface area contributed by atoms with Gasteiger partial charge in [0.1, 0.15) is 17.9 Å². The van der Waals surface area contributed by atoms with Gasteiger partial charge in [-0.1, -0.05) is 0 Å². The average molecular weight is 235 g/mol. The molecule has 0 fully saturated rings. The van der Waals surface area contributed by atoms with Crippen LogP contribution in [0.1, 0.15) is 5.56 Å². The Bertz CT molecular complexity index is 312. The maximum Gasteiger partial charge on any atom is 0.143 e. The second kappa shape index (κ2) is 3.76. The van der Waals surface area contributed by atoms with Crippen molar-refractivity contribution in [2.75, 3.05) is 0 Å². The summed E-state index contributed by atoms with van der Waals surface area (Å²) in [6, 6.07) is 2.38. The molecule has 64 valence electrons. The Morgan fingerprint density at radius 2 is 2.08 bits per heavy atom. The van der Waals surface area contributed by atoms with E-state index in [2.05, 4.69) is 15.9 Å². The molecule has 0 saturated heterocycles. The lowest BCUT2D eigenvalue weighted by atomic mass is 10.1. The van der Waals surface area contributed by atoms with Crippen LogP contribution in [0.3, 0.4) is 0 Å². The minimum absolute atomic E-state index is 0.167. The van der Waals surface area contributed by atoms with Gasteiger partial charge in [0.25, 0.3) is 0 Å². The van der Waals surface area contributed by atoms with Crippen molar-refractivity contribution in [1.82, 2.24) is 0 Å². The molecule has 4 heteroatoms. The van der Waals surface area contributed by atoms with Crippen molar-refractivity contribution in [2.45, 2.75) is 6.42 Å². The van der Waals surface area contributed by atoms with Gasteiger partial charge in [0, 0.05) is 12.0 Å². The van der Waals surface area contributed by atoms with Crippen molar-refractivity contribution in [2.24, 2.45) is 0 Å². The molecule has 1 aromatic carbocycles. The molecule has 1 aromatic rings. The third-order valence-corrected chi connectivity index (χ3v) is 2.04. The lowest BCUT2D eigenvalue weighted by molar-refractivity contribution is -0.107. The molecule has 0 aromatic heterocycles. The highest BCUT2D eigenvalue weighted by Crippen LogP contribution is 2.21.